The Bertz CT molecular complexity index is 373. The van der Waals surface area contributed by atoms with Gasteiger partial charge in [0.05, 0.1) is 12.3 Å². The van der Waals surface area contributed by atoms with Gasteiger partial charge in [-0.2, -0.15) is 0 Å². The number of aromatic nitrogens is 1. The number of anilines is 1. The normalized spacial score (nSPS) is 19.4. The molecule has 0 aromatic carbocycles. The van der Waals surface area contributed by atoms with Gasteiger partial charge >= 0.3 is 0 Å². The number of nitrogens with zero attached hydrogens (tertiary/aromatic N) is 2. The first kappa shape index (κ1) is 12.3. The van der Waals surface area contributed by atoms with Crippen LogP contribution in [0, 0.1) is 6.92 Å². The average molecular weight is 235 g/mol. The summed E-state index contributed by atoms with van der Waals surface area (Å²) in [5, 5.41) is 0. The number of nitrogens with two attached hydrogens (primary N) is 1. The summed E-state index contributed by atoms with van der Waals surface area (Å²) < 4.78 is 5.62. The van der Waals surface area contributed by atoms with Crippen LogP contribution < -0.4 is 10.6 Å². The predicted octanol–water partition coefficient (Wildman–Crippen LogP) is 1.68. The van der Waals surface area contributed by atoms with Crippen LogP contribution in [-0.2, 0) is 4.74 Å². The lowest BCUT2D eigenvalue weighted by Crippen LogP contribution is -2.45. The van der Waals surface area contributed by atoms with Crippen molar-refractivity contribution in [3.8, 4) is 0 Å². The van der Waals surface area contributed by atoms with Gasteiger partial charge in [0.25, 0.3) is 0 Å². The van der Waals surface area contributed by atoms with E-state index in [0.29, 0.717) is 6.73 Å². The van der Waals surface area contributed by atoms with E-state index < -0.39 is 0 Å². The van der Waals surface area contributed by atoms with Crippen LogP contribution in [0.25, 0.3) is 0 Å². The first-order valence-electron chi connectivity index (χ1n) is 6.15. The molecular formula is C13H21N3O. The molecule has 0 aliphatic carbocycles. The summed E-state index contributed by atoms with van der Waals surface area (Å²) in [5.74, 6) is 1.10. The maximum Gasteiger partial charge on any atom is 0.131 e. The Balaban J connectivity index is 2.02. The molecule has 4 heteroatoms. The lowest BCUT2D eigenvalue weighted by atomic mass is 9.93. The van der Waals surface area contributed by atoms with Gasteiger partial charge in [0.15, 0.2) is 0 Å². The van der Waals surface area contributed by atoms with Crippen molar-refractivity contribution in [2.45, 2.75) is 32.3 Å². The second-order valence-electron chi connectivity index (χ2n) is 4.89. The topological polar surface area (TPSA) is 51.4 Å². The highest BCUT2D eigenvalue weighted by Crippen LogP contribution is 2.28. The van der Waals surface area contributed by atoms with E-state index in [4.69, 9.17) is 10.5 Å². The summed E-state index contributed by atoms with van der Waals surface area (Å²) in [6.07, 6.45) is 3.85. The Morgan fingerprint density at radius 2 is 2.18 bits per heavy atom. The fourth-order valence-corrected chi connectivity index (χ4v) is 2.35. The quantitative estimate of drug-likeness (QED) is 0.810. The fraction of sp³-hybridized carbons (Fsp3) is 0.615. The van der Waals surface area contributed by atoms with Gasteiger partial charge in [-0.3, -0.25) is 0 Å². The second-order valence-corrected chi connectivity index (χ2v) is 4.89. The molecule has 1 aromatic heterocycles. The number of ether oxygens (including phenoxy) is 1. The molecule has 0 radical (unpaired) electrons. The highest BCUT2D eigenvalue weighted by Gasteiger charge is 2.31. The standard InChI is InChI=1S/C13H21N3O/c1-11-4-3-7-15-12(11)16-8-5-13(2,6-9-16)17-10-14/h3-4,7H,5-6,8-10,14H2,1-2H3. The van der Waals surface area contributed by atoms with Crippen molar-refractivity contribution in [1.82, 2.24) is 4.98 Å². The third-order valence-corrected chi connectivity index (χ3v) is 3.53. The van der Waals surface area contributed by atoms with E-state index in [0.717, 1.165) is 31.7 Å². The highest BCUT2D eigenvalue weighted by atomic mass is 16.5. The summed E-state index contributed by atoms with van der Waals surface area (Å²) in [6.45, 7) is 6.51. The largest absolute Gasteiger partial charge is 0.360 e. The summed E-state index contributed by atoms with van der Waals surface area (Å²) in [6, 6.07) is 4.08. The zero-order valence-corrected chi connectivity index (χ0v) is 10.6. The number of piperidine rings is 1. The third-order valence-electron chi connectivity index (χ3n) is 3.53. The minimum Gasteiger partial charge on any atom is -0.360 e. The molecule has 2 rings (SSSR count). The van der Waals surface area contributed by atoms with E-state index in [1.54, 1.807) is 0 Å². The van der Waals surface area contributed by atoms with Gasteiger partial charge < -0.3 is 15.4 Å². The molecule has 4 nitrogen and oxygen atoms in total. The minimum atomic E-state index is -0.0616. The fourth-order valence-electron chi connectivity index (χ4n) is 2.35. The molecule has 0 atom stereocenters. The molecule has 17 heavy (non-hydrogen) atoms. The Labute approximate surface area is 103 Å². The summed E-state index contributed by atoms with van der Waals surface area (Å²) in [7, 11) is 0. The van der Waals surface area contributed by atoms with Crippen LogP contribution in [0.1, 0.15) is 25.3 Å². The van der Waals surface area contributed by atoms with Crippen LogP contribution in [0.4, 0.5) is 5.82 Å². The van der Waals surface area contributed by atoms with Gasteiger partial charge in [0.1, 0.15) is 5.82 Å². The van der Waals surface area contributed by atoms with Gasteiger partial charge in [-0.25, -0.2) is 4.98 Å². The van der Waals surface area contributed by atoms with Crippen LogP contribution in [-0.4, -0.2) is 30.4 Å². The van der Waals surface area contributed by atoms with Crippen LogP contribution in [0.15, 0.2) is 18.3 Å². The van der Waals surface area contributed by atoms with Gasteiger partial charge in [-0.05, 0) is 38.3 Å². The molecule has 1 aliphatic rings. The Kier molecular flexibility index (Phi) is 3.64. The molecular weight excluding hydrogens is 214 g/mol. The number of pyridine rings is 1. The van der Waals surface area contributed by atoms with Crippen molar-refractivity contribution < 1.29 is 4.74 Å². The van der Waals surface area contributed by atoms with Crippen LogP contribution in [0.3, 0.4) is 0 Å². The van der Waals surface area contributed by atoms with E-state index in [-0.39, 0.29) is 5.60 Å². The molecule has 0 saturated carbocycles. The monoisotopic (exact) mass is 235 g/mol. The third kappa shape index (κ3) is 2.76. The van der Waals surface area contributed by atoms with Crippen molar-refractivity contribution in [2.24, 2.45) is 5.73 Å². The maximum absolute atomic E-state index is 5.62. The average Bonchev–Trinajstić information content (AvgIpc) is 2.31. The van der Waals surface area contributed by atoms with E-state index in [1.807, 2.05) is 12.3 Å². The maximum atomic E-state index is 5.62. The number of hydrogen-bond acceptors (Lipinski definition) is 4. The van der Waals surface area contributed by atoms with Crippen molar-refractivity contribution in [2.75, 3.05) is 24.7 Å². The molecule has 0 amide bonds. The first-order chi connectivity index (χ1) is 8.14. The molecule has 1 aromatic rings. The Morgan fingerprint density at radius 3 is 2.76 bits per heavy atom. The number of hydrogen-bond donors (Lipinski definition) is 1. The number of rotatable bonds is 3. The summed E-state index contributed by atoms with van der Waals surface area (Å²) in [4.78, 5) is 6.79. The molecule has 2 heterocycles. The van der Waals surface area contributed by atoms with Crippen molar-refractivity contribution in [1.29, 1.82) is 0 Å². The Hall–Kier alpha value is -1.13. The predicted molar refractivity (Wildman–Crippen MR) is 69.0 cm³/mol. The smallest absolute Gasteiger partial charge is 0.131 e. The summed E-state index contributed by atoms with van der Waals surface area (Å²) in [5.41, 5.74) is 6.64. The van der Waals surface area contributed by atoms with Crippen molar-refractivity contribution in [3.63, 3.8) is 0 Å². The van der Waals surface area contributed by atoms with Crippen LogP contribution >= 0.6 is 0 Å². The van der Waals surface area contributed by atoms with Gasteiger partial charge in [0, 0.05) is 19.3 Å². The molecule has 94 valence electrons. The zero-order valence-electron chi connectivity index (χ0n) is 10.6. The highest BCUT2D eigenvalue weighted by molar-refractivity contribution is 5.46. The molecule has 2 N–H and O–H groups in total. The minimum absolute atomic E-state index is 0.0616. The molecule has 0 spiro atoms. The zero-order chi connectivity index (χ0) is 12.3. The van der Waals surface area contributed by atoms with Gasteiger partial charge in [0.2, 0.25) is 0 Å². The molecule has 1 fully saturated rings. The lowest BCUT2D eigenvalue weighted by molar-refractivity contribution is -0.0448. The van der Waals surface area contributed by atoms with Crippen LogP contribution in [0.5, 0.6) is 0 Å². The van der Waals surface area contributed by atoms with E-state index >= 15 is 0 Å². The Morgan fingerprint density at radius 1 is 1.47 bits per heavy atom. The van der Waals surface area contributed by atoms with E-state index in [1.165, 1.54) is 5.56 Å². The van der Waals surface area contributed by atoms with Gasteiger partial charge in [-0.15, -0.1) is 0 Å². The van der Waals surface area contributed by atoms with Crippen LogP contribution in [0.2, 0.25) is 0 Å². The summed E-state index contributed by atoms with van der Waals surface area (Å²) >= 11 is 0. The van der Waals surface area contributed by atoms with Crippen molar-refractivity contribution in [3.05, 3.63) is 23.9 Å². The molecule has 1 aliphatic heterocycles. The van der Waals surface area contributed by atoms with Crippen molar-refractivity contribution >= 4 is 5.82 Å². The van der Waals surface area contributed by atoms with Gasteiger partial charge in [-0.1, -0.05) is 6.07 Å². The lowest BCUT2D eigenvalue weighted by Gasteiger charge is -2.39. The molecule has 1 saturated heterocycles. The molecule has 0 unspecified atom stereocenters. The first-order valence-corrected chi connectivity index (χ1v) is 6.15. The number of aryl methyl sites for hydroxylation is 1. The van der Waals surface area contributed by atoms with E-state index in [9.17, 15) is 0 Å². The second kappa shape index (κ2) is 5.02. The van der Waals surface area contributed by atoms with E-state index in [2.05, 4.69) is 29.8 Å². The SMILES string of the molecule is Cc1cccnc1N1CCC(C)(OCN)CC1. The molecule has 0 bridgehead atoms.